The SMILES string of the molecule is CS/C(=C(/C)N)c1ccc([C@H](C)NC(=O)[C@@H]2CCCN2C(=C2CCC2)[C@@H](N)C(C)(C)C)cc1. The summed E-state index contributed by atoms with van der Waals surface area (Å²) >= 11 is 1.65. The van der Waals surface area contributed by atoms with Gasteiger partial charge in [0.1, 0.15) is 6.04 Å². The second-order valence-corrected chi connectivity index (χ2v) is 11.4. The van der Waals surface area contributed by atoms with E-state index in [9.17, 15) is 4.79 Å². The van der Waals surface area contributed by atoms with Crippen molar-refractivity contribution in [2.24, 2.45) is 16.9 Å². The summed E-state index contributed by atoms with van der Waals surface area (Å²) in [4.78, 5) is 16.8. The molecule has 0 radical (unpaired) electrons. The number of benzene rings is 1. The van der Waals surface area contributed by atoms with E-state index in [-0.39, 0.29) is 29.4 Å². The zero-order valence-electron chi connectivity index (χ0n) is 21.2. The predicted molar refractivity (Wildman–Crippen MR) is 141 cm³/mol. The number of likely N-dealkylation sites (tertiary alicyclic amines) is 1. The minimum absolute atomic E-state index is 0.0392. The largest absolute Gasteiger partial charge is 0.401 e. The third-order valence-corrected chi connectivity index (χ3v) is 7.97. The molecular weight excluding hydrogens is 428 g/mol. The normalized spacial score (nSPS) is 21.2. The number of nitrogens with two attached hydrogens (primary N) is 2. The summed E-state index contributed by atoms with van der Waals surface area (Å²) in [5.74, 6) is 0.102. The first-order valence-electron chi connectivity index (χ1n) is 12.2. The molecule has 3 rings (SSSR count). The summed E-state index contributed by atoms with van der Waals surface area (Å²) in [7, 11) is 0. The van der Waals surface area contributed by atoms with E-state index in [2.05, 4.69) is 62.2 Å². The first-order valence-corrected chi connectivity index (χ1v) is 13.4. The third-order valence-electron chi connectivity index (χ3n) is 7.01. The van der Waals surface area contributed by atoms with Gasteiger partial charge in [0.05, 0.1) is 6.04 Å². The number of hydrogen-bond donors (Lipinski definition) is 3. The monoisotopic (exact) mass is 470 g/mol. The van der Waals surface area contributed by atoms with Crippen LogP contribution in [0.3, 0.4) is 0 Å². The van der Waals surface area contributed by atoms with Crippen molar-refractivity contribution in [3.8, 4) is 0 Å². The topological polar surface area (TPSA) is 84.4 Å². The number of rotatable bonds is 7. The second kappa shape index (κ2) is 10.6. The van der Waals surface area contributed by atoms with Crippen LogP contribution < -0.4 is 16.8 Å². The lowest BCUT2D eigenvalue weighted by molar-refractivity contribution is -0.125. The highest BCUT2D eigenvalue weighted by atomic mass is 32.2. The van der Waals surface area contributed by atoms with Gasteiger partial charge in [-0.15, -0.1) is 11.8 Å². The van der Waals surface area contributed by atoms with Gasteiger partial charge >= 0.3 is 0 Å². The zero-order chi connectivity index (χ0) is 24.3. The molecule has 33 heavy (non-hydrogen) atoms. The van der Waals surface area contributed by atoms with E-state index in [1.54, 1.807) is 11.8 Å². The lowest BCUT2D eigenvalue weighted by Crippen LogP contribution is -2.50. The number of nitrogens with one attached hydrogen (secondary N) is 1. The average molecular weight is 471 g/mol. The molecular formula is C27H42N4OS. The number of nitrogens with zero attached hydrogens (tertiary/aromatic N) is 1. The van der Waals surface area contributed by atoms with Gasteiger partial charge < -0.3 is 21.7 Å². The van der Waals surface area contributed by atoms with Crippen LogP contribution in [0.5, 0.6) is 0 Å². The Bertz CT molecular complexity index is 903. The maximum atomic E-state index is 13.4. The third kappa shape index (κ3) is 5.78. The van der Waals surface area contributed by atoms with E-state index < -0.39 is 0 Å². The van der Waals surface area contributed by atoms with Crippen LogP contribution in [0.1, 0.15) is 83.9 Å². The van der Waals surface area contributed by atoms with Crippen molar-refractivity contribution < 1.29 is 4.79 Å². The molecule has 1 saturated carbocycles. The summed E-state index contributed by atoms with van der Waals surface area (Å²) in [5, 5.41) is 3.28. The molecule has 5 nitrogen and oxygen atoms in total. The second-order valence-electron chi connectivity index (χ2n) is 10.6. The molecule has 6 heteroatoms. The fraction of sp³-hybridized carbons (Fsp3) is 0.593. The van der Waals surface area contributed by atoms with Gasteiger partial charge in [0.2, 0.25) is 5.91 Å². The van der Waals surface area contributed by atoms with E-state index in [4.69, 9.17) is 11.5 Å². The minimum atomic E-state index is -0.144. The molecule has 0 unspecified atom stereocenters. The van der Waals surface area contributed by atoms with E-state index >= 15 is 0 Å². The molecule has 5 N–H and O–H groups in total. The van der Waals surface area contributed by atoms with Crippen molar-refractivity contribution in [3.05, 3.63) is 52.4 Å². The molecule has 2 fully saturated rings. The Hall–Kier alpha value is -1.92. The Balaban J connectivity index is 1.74. The maximum Gasteiger partial charge on any atom is 0.243 e. The number of carbonyl (C=O) groups is 1. The van der Waals surface area contributed by atoms with E-state index in [1.807, 2.05) is 13.2 Å². The smallest absolute Gasteiger partial charge is 0.243 e. The van der Waals surface area contributed by atoms with Gasteiger partial charge in [-0.25, -0.2) is 0 Å². The van der Waals surface area contributed by atoms with Crippen LogP contribution in [0.25, 0.3) is 4.91 Å². The summed E-state index contributed by atoms with van der Waals surface area (Å²) in [5.41, 5.74) is 18.5. The van der Waals surface area contributed by atoms with E-state index in [0.29, 0.717) is 0 Å². The lowest BCUT2D eigenvalue weighted by Gasteiger charge is -2.41. The molecule has 1 amide bonds. The Morgan fingerprint density at radius 2 is 1.82 bits per heavy atom. The van der Waals surface area contributed by atoms with Crippen LogP contribution in [0, 0.1) is 5.41 Å². The number of allylic oxidation sites excluding steroid dienone is 2. The highest BCUT2D eigenvalue weighted by Crippen LogP contribution is 2.39. The summed E-state index contributed by atoms with van der Waals surface area (Å²) < 4.78 is 0. The molecule has 0 aromatic heterocycles. The van der Waals surface area contributed by atoms with Gasteiger partial charge in [-0.2, -0.15) is 0 Å². The molecule has 1 saturated heterocycles. The molecule has 1 aromatic rings. The van der Waals surface area contributed by atoms with Gasteiger partial charge in [-0.1, -0.05) is 45.0 Å². The number of thioether (sulfide) groups is 1. The molecule has 1 heterocycles. The fourth-order valence-electron chi connectivity index (χ4n) is 4.77. The maximum absolute atomic E-state index is 13.4. The first-order chi connectivity index (χ1) is 15.5. The number of amides is 1. The first kappa shape index (κ1) is 25.7. The molecule has 1 aliphatic heterocycles. The molecule has 1 aliphatic carbocycles. The van der Waals surface area contributed by atoms with E-state index in [1.165, 1.54) is 17.7 Å². The van der Waals surface area contributed by atoms with Crippen molar-refractivity contribution in [1.82, 2.24) is 10.2 Å². The highest BCUT2D eigenvalue weighted by molar-refractivity contribution is 8.07. The van der Waals surface area contributed by atoms with Crippen LogP contribution in [0.4, 0.5) is 0 Å². The van der Waals surface area contributed by atoms with Crippen LogP contribution >= 0.6 is 11.8 Å². The molecule has 3 atom stereocenters. The van der Waals surface area contributed by atoms with Crippen LogP contribution in [0.15, 0.2) is 41.2 Å². The average Bonchev–Trinajstić information content (AvgIpc) is 3.19. The fourth-order valence-corrected chi connectivity index (χ4v) is 5.47. The highest BCUT2D eigenvalue weighted by Gasteiger charge is 2.39. The summed E-state index contributed by atoms with van der Waals surface area (Å²) in [6.07, 6.45) is 7.39. The van der Waals surface area contributed by atoms with Gasteiger partial charge in [-0.05, 0) is 74.3 Å². The summed E-state index contributed by atoms with van der Waals surface area (Å²) in [6.45, 7) is 11.5. The lowest BCUT2D eigenvalue weighted by atomic mass is 9.79. The molecule has 0 bridgehead atoms. The van der Waals surface area contributed by atoms with Crippen molar-refractivity contribution in [1.29, 1.82) is 0 Å². The Kier molecular flexibility index (Phi) is 8.22. The van der Waals surface area contributed by atoms with Gasteiger partial charge in [-0.3, -0.25) is 4.79 Å². The van der Waals surface area contributed by atoms with Crippen molar-refractivity contribution in [3.63, 3.8) is 0 Å². The van der Waals surface area contributed by atoms with Crippen LogP contribution in [0.2, 0.25) is 0 Å². The molecule has 2 aliphatic rings. The van der Waals surface area contributed by atoms with Gasteiger partial charge in [0, 0.05) is 28.9 Å². The zero-order valence-corrected chi connectivity index (χ0v) is 22.0. The van der Waals surface area contributed by atoms with Crippen LogP contribution in [-0.4, -0.2) is 35.7 Å². The number of hydrogen-bond acceptors (Lipinski definition) is 5. The summed E-state index contributed by atoms with van der Waals surface area (Å²) in [6, 6.07) is 8.08. The van der Waals surface area contributed by atoms with Crippen molar-refractivity contribution >= 4 is 22.6 Å². The number of carbonyl (C=O) groups excluding carboxylic acids is 1. The predicted octanol–water partition coefficient (Wildman–Crippen LogP) is 5.15. The van der Waals surface area contributed by atoms with Gasteiger partial charge in [0.15, 0.2) is 0 Å². The Morgan fingerprint density at radius 3 is 2.30 bits per heavy atom. The van der Waals surface area contributed by atoms with Gasteiger partial charge in [0.25, 0.3) is 0 Å². The molecule has 1 aromatic carbocycles. The van der Waals surface area contributed by atoms with Crippen LogP contribution in [-0.2, 0) is 4.79 Å². The van der Waals surface area contributed by atoms with E-state index in [0.717, 1.165) is 54.0 Å². The Labute approximate surface area is 204 Å². The van der Waals surface area contributed by atoms with Crippen molar-refractivity contribution in [2.75, 3.05) is 12.8 Å². The quantitative estimate of drug-likeness (QED) is 0.513. The Morgan fingerprint density at radius 1 is 1.18 bits per heavy atom. The van der Waals surface area contributed by atoms with Crippen molar-refractivity contribution in [2.45, 2.75) is 84.8 Å². The molecule has 0 spiro atoms. The minimum Gasteiger partial charge on any atom is -0.401 e. The standard InChI is InChI=1S/C27H42N4OS/c1-17(28)24(33-6)21-14-12-19(13-15-21)18(2)30-26(32)22-11-8-16-31(22)23(20-9-7-10-20)25(29)27(3,4)5/h12-15,18,22,25H,7-11,16,28-29H2,1-6H3,(H,30,32)/b24-17-/t18-,22-,25+/m0/s1. The molecule has 182 valence electrons.